The second-order valence-electron chi connectivity index (χ2n) is 8.70. The van der Waals surface area contributed by atoms with Crippen LogP contribution in [0.15, 0.2) is 35.2 Å². The third-order valence-electron chi connectivity index (χ3n) is 5.51. The Labute approximate surface area is 240 Å². The number of aliphatic carboxylic acids is 2. The molecule has 0 fully saturated rings. The minimum atomic E-state index is -5.08. The molecule has 0 aliphatic carbocycles. The molecule has 0 radical (unpaired) electrons. The molecule has 0 saturated carbocycles. The van der Waals surface area contributed by atoms with Gasteiger partial charge in [-0.05, 0) is 67.6 Å². The minimum Gasteiger partial charge on any atom is -0.496 e. The molecule has 2 rings (SSSR count). The van der Waals surface area contributed by atoms with Gasteiger partial charge >= 0.3 is 18.1 Å². The van der Waals surface area contributed by atoms with Crippen LogP contribution >= 0.6 is 0 Å². The smallest absolute Gasteiger partial charge is 0.490 e. The van der Waals surface area contributed by atoms with Gasteiger partial charge in [-0.1, -0.05) is 12.1 Å². The molecule has 0 saturated heterocycles. The summed E-state index contributed by atoms with van der Waals surface area (Å²) in [5.74, 6) is -3.19. The van der Waals surface area contributed by atoms with Gasteiger partial charge < -0.3 is 25.4 Å². The monoisotopic (exact) mass is 622 g/mol. The van der Waals surface area contributed by atoms with Crippen LogP contribution < -0.4 is 25.4 Å². The van der Waals surface area contributed by atoms with Crippen molar-refractivity contribution in [3.05, 3.63) is 52.6 Å². The number of methoxy groups -OCH3 is 1. The molecule has 0 unspecified atom stereocenters. The van der Waals surface area contributed by atoms with Crippen molar-refractivity contribution < 1.29 is 55.7 Å². The summed E-state index contributed by atoms with van der Waals surface area (Å²) in [6.45, 7) is 5.71. The summed E-state index contributed by atoms with van der Waals surface area (Å²) in [7, 11) is -2.61. The summed E-state index contributed by atoms with van der Waals surface area (Å²) in [5.41, 5.74) is 9.58. The molecule has 0 amide bonds. The van der Waals surface area contributed by atoms with Crippen LogP contribution in [-0.2, 0) is 30.9 Å². The Bertz CT molecular complexity index is 1350. The van der Waals surface area contributed by atoms with Crippen LogP contribution in [0.1, 0.15) is 28.7 Å². The highest BCUT2D eigenvalue weighted by Gasteiger charge is 2.38. The first kappa shape index (κ1) is 35.9. The van der Waals surface area contributed by atoms with Crippen molar-refractivity contribution >= 4 is 27.9 Å². The van der Waals surface area contributed by atoms with E-state index in [0.717, 1.165) is 0 Å². The van der Waals surface area contributed by atoms with Crippen molar-refractivity contribution in [1.82, 2.24) is 10.2 Å². The van der Waals surface area contributed by atoms with E-state index in [-0.39, 0.29) is 17.3 Å². The van der Waals surface area contributed by atoms with Crippen LogP contribution in [0.25, 0.3) is 0 Å². The molecule has 234 valence electrons. The Morgan fingerprint density at radius 1 is 1.07 bits per heavy atom. The number of ether oxygens (including phenoxy) is 2. The van der Waals surface area contributed by atoms with Gasteiger partial charge in [0.1, 0.15) is 17.5 Å². The van der Waals surface area contributed by atoms with Gasteiger partial charge in [0.2, 0.25) is 16.0 Å². The molecule has 0 spiro atoms. The zero-order valence-corrected chi connectivity index (χ0v) is 24.0. The molecule has 0 bridgehead atoms. The fourth-order valence-corrected chi connectivity index (χ4v) is 5.20. The van der Waals surface area contributed by atoms with Crippen LogP contribution in [0.4, 0.5) is 13.2 Å². The summed E-state index contributed by atoms with van der Waals surface area (Å²) in [6.07, 6.45) is -4.58. The molecule has 42 heavy (non-hydrogen) atoms. The van der Waals surface area contributed by atoms with Crippen LogP contribution in [0, 0.1) is 26.2 Å². The van der Waals surface area contributed by atoms with Crippen LogP contribution in [0.2, 0.25) is 0 Å². The van der Waals surface area contributed by atoms with Crippen LogP contribution in [-0.4, -0.2) is 69.1 Å². The molecular weight excluding hydrogens is 589 g/mol. The van der Waals surface area contributed by atoms with Gasteiger partial charge in [-0.2, -0.15) is 17.9 Å². The van der Waals surface area contributed by atoms with E-state index in [1.54, 1.807) is 51.1 Å². The topological polar surface area (TPSA) is 210 Å². The van der Waals surface area contributed by atoms with E-state index >= 15 is 0 Å². The molecule has 13 nitrogen and oxygen atoms in total. The van der Waals surface area contributed by atoms with E-state index in [1.807, 2.05) is 0 Å². The van der Waals surface area contributed by atoms with Crippen LogP contribution in [0.3, 0.4) is 0 Å². The van der Waals surface area contributed by atoms with Crippen molar-refractivity contribution in [3.8, 4) is 11.5 Å². The lowest BCUT2D eigenvalue weighted by molar-refractivity contribution is -0.192. The predicted molar refractivity (Wildman–Crippen MR) is 144 cm³/mol. The number of carbonyl (C=O) groups is 2. The van der Waals surface area contributed by atoms with E-state index in [2.05, 4.69) is 10.2 Å². The second-order valence-corrected chi connectivity index (χ2v) is 10.4. The molecular formula is C25H33F3N4O9S. The SMILES string of the molecule is COc1cc(C)c(S(=O)(=O)N[C@@H](Cc2ccc(OCCCONC(=N)N)cc2)C(=O)O)c(C)c1C.O=C(O)C(F)(F)F. The quantitative estimate of drug-likeness (QED) is 0.0827. The number of alkyl halides is 3. The fraction of sp³-hybridized carbons (Fsp3) is 0.400. The van der Waals surface area contributed by atoms with Crippen molar-refractivity contribution in [3.63, 3.8) is 0 Å². The number of aryl methyl sites for hydroxylation is 1. The first-order valence-electron chi connectivity index (χ1n) is 12.0. The average Bonchev–Trinajstić information content (AvgIpc) is 2.88. The standard InChI is InChI=1S/C23H32N4O7S.C2HF3O2/c1-14-12-20(32-4)15(2)16(3)21(14)35(30,31)27-19(22(28)29)13-17-6-8-18(9-7-17)33-10-5-11-34-26-23(24)25;3-2(4,5)1(6)7/h6-9,12,19,27H,5,10-11,13H2,1-4H3,(H,28,29)(H4,24,25,26);(H,6,7)/t19-;/m0./s1. The molecule has 2 aromatic rings. The van der Waals surface area contributed by atoms with Gasteiger partial charge in [0.05, 0.1) is 25.2 Å². The number of rotatable bonds is 13. The normalized spacial score (nSPS) is 12.0. The molecule has 0 aromatic heterocycles. The van der Waals surface area contributed by atoms with E-state index < -0.39 is 34.2 Å². The lowest BCUT2D eigenvalue weighted by Gasteiger charge is -2.19. The third-order valence-corrected chi connectivity index (χ3v) is 7.27. The fourth-order valence-electron chi connectivity index (χ4n) is 3.48. The number of hydroxylamine groups is 1. The maximum atomic E-state index is 13.1. The number of hydrogen-bond donors (Lipinski definition) is 6. The zero-order valence-electron chi connectivity index (χ0n) is 23.2. The Morgan fingerprint density at radius 3 is 2.12 bits per heavy atom. The molecule has 17 heteroatoms. The maximum absolute atomic E-state index is 13.1. The summed E-state index contributed by atoms with van der Waals surface area (Å²) in [4.78, 5) is 25.7. The van der Waals surface area contributed by atoms with E-state index in [0.29, 0.717) is 53.4 Å². The highest BCUT2D eigenvalue weighted by Crippen LogP contribution is 2.30. The number of nitrogens with one attached hydrogen (secondary N) is 3. The Hall–Kier alpha value is -4.09. The summed E-state index contributed by atoms with van der Waals surface area (Å²) < 4.78 is 71.2. The summed E-state index contributed by atoms with van der Waals surface area (Å²) in [5, 5.41) is 23.8. The highest BCUT2D eigenvalue weighted by atomic mass is 32.2. The number of halogens is 3. The number of carboxylic acids is 2. The Balaban J connectivity index is 0.00000112. The zero-order chi connectivity index (χ0) is 32.3. The number of hydrogen-bond acceptors (Lipinski definition) is 8. The average molecular weight is 623 g/mol. The number of guanidine groups is 1. The summed E-state index contributed by atoms with van der Waals surface area (Å²) in [6, 6.07) is 6.98. The lowest BCUT2D eigenvalue weighted by Crippen LogP contribution is -2.42. The number of sulfonamides is 1. The molecule has 1 atom stereocenters. The molecule has 0 aliphatic rings. The number of benzene rings is 2. The van der Waals surface area contributed by atoms with Gasteiger partial charge in [0.25, 0.3) is 0 Å². The molecule has 2 aromatic carbocycles. The van der Waals surface area contributed by atoms with Crippen LogP contribution in [0.5, 0.6) is 11.5 Å². The maximum Gasteiger partial charge on any atom is 0.490 e. The third kappa shape index (κ3) is 11.4. The minimum absolute atomic E-state index is 0.0490. The lowest BCUT2D eigenvalue weighted by atomic mass is 10.1. The van der Waals surface area contributed by atoms with Crippen molar-refractivity contribution in [2.75, 3.05) is 20.3 Å². The van der Waals surface area contributed by atoms with Gasteiger partial charge in [-0.3, -0.25) is 15.0 Å². The largest absolute Gasteiger partial charge is 0.496 e. The van der Waals surface area contributed by atoms with E-state index in [1.165, 1.54) is 7.11 Å². The summed E-state index contributed by atoms with van der Waals surface area (Å²) >= 11 is 0. The highest BCUT2D eigenvalue weighted by molar-refractivity contribution is 7.89. The van der Waals surface area contributed by atoms with Gasteiger partial charge in [0.15, 0.2) is 0 Å². The number of carboxylic acid groups (broad SMARTS) is 2. The molecule has 7 N–H and O–H groups in total. The first-order chi connectivity index (χ1) is 19.4. The number of nitrogens with two attached hydrogens (primary N) is 1. The Morgan fingerprint density at radius 2 is 1.64 bits per heavy atom. The Kier molecular flexibility index (Phi) is 13.5. The van der Waals surface area contributed by atoms with E-state index in [4.69, 9.17) is 35.4 Å². The molecule has 0 heterocycles. The van der Waals surface area contributed by atoms with Crippen molar-refractivity contribution in [2.45, 2.75) is 50.7 Å². The first-order valence-corrected chi connectivity index (χ1v) is 13.5. The van der Waals surface area contributed by atoms with Gasteiger partial charge in [0, 0.05) is 6.42 Å². The predicted octanol–water partition coefficient (Wildman–Crippen LogP) is 2.41. The van der Waals surface area contributed by atoms with E-state index in [9.17, 15) is 31.5 Å². The van der Waals surface area contributed by atoms with Crippen molar-refractivity contribution in [1.29, 1.82) is 5.41 Å². The van der Waals surface area contributed by atoms with Crippen molar-refractivity contribution in [2.24, 2.45) is 5.73 Å². The van der Waals surface area contributed by atoms with Gasteiger partial charge in [-0.15, -0.1) is 0 Å². The second kappa shape index (κ2) is 15.8. The molecule has 0 aliphatic heterocycles. The van der Waals surface area contributed by atoms with Gasteiger partial charge in [-0.25, -0.2) is 18.7 Å².